The highest BCUT2D eigenvalue weighted by Gasteiger charge is 2.22. The largest absolute Gasteiger partial charge is 0.322 e. The molecule has 0 bridgehead atoms. The van der Waals surface area contributed by atoms with Gasteiger partial charge in [0.1, 0.15) is 0 Å². The van der Waals surface area contributed by atoms with E-state index in [9.17, 15) is 4.79 Å². The van der Waals surface area contributed by atoms with Crippen molar-refractivity contribution in [1.29, 1.82) is 0 Å². The van der Waals surface area contributed by atoms with E-state index in [1.165, 1.54) is 11.1 Å². The molecule has 1 N–H and O–H groups in total. The van der Waals surface area contributed by atoms with Gasteiger partial charge in [0.15, 0.2) is 0 Å². The number of anilines is 1. The van der Waals surface area contributed by atoms with Crippen LogP contribution in [0.25, 0.3) is 0 Å². The van der Waals surface area contributed by atoms with E-state index < -0.39 is 0 Å². The van der Waals surface area contributed by atoms with Crippen molar-refractivity contribution in [2.24, 2.45) is 0 Å². The van der Waals surface area contributed by atoms with Gasteiger partial charge in [-0.25, -0.2) is 4.79 Å². The van der Waals surface area contributed by atoms with Crippen LogP contribution in [-0.4, -0.2) is 10.9 Å². The maximum absolute atomic E-state index is 12.2. The van der Waals surface area contributed by atoms with Gasteiger partial charge in [0.05, 0.1) is 0 Å². The Morgan fingerprint density at radius 2 is 1.58 bits per heavy atom. The van der Waals surface area contributed by atoms with Crippen molar-refractivity contribution < 1.29 is 4.79 Å². The maximum Gasteiger partial charge on any atom is 0.322 e. The summed E-state index contributed by atoms with van der Waals surface area (Å²) < 4.78 is 0. The topological polar surface area (TPSA) is 32.3 Å². The van der Waals surface area contributed by atoms with Crippen LogP contribution in [0, 0.1) is 0 Å². The van der Waals surface area contributed by atoms with E-state index in [1.54, 1.807) is 29.2 Å². The quantitative estimate of drug-likeness (QED) is 0.839. The number of nitrogens with zero attached hydrogens (tertiary/aromatic N) is 1. The molecule has 0 unspecified atom stereocenters. The Balaban J connectivity index is 1.68. The minimum Gasteiger partial charge on any atom is -0.316 e. The van der Waals surface area contributed by atoms with Gasteiger partial charge in [-0.2, -0.15) is 0 Å². The van der Waals surface area contributed by atoms with E-state index in [0.29, 0.717) is 18.1 Å². The number of hydrogen-bond acceptors (Lipinski definition) is 1. The van der Waals surface area contributed by atoms with Gasteiger partial charge in [0.25, 0.3) is 0 Å². The number of halogens is 1. The highest BCUT2D eigenvalue weighted by molar-refractivity contribution is 6.30. The lowest BCUT2D eigenvalue weighted by molar-refractivity contribution is 0.212. The summed E-state index contributed by atoms with van der Waals surface area (Å²) in [5, 5.41) is 3.53. The van der Waals surface area contributed by atoms with Crippen LogP contribution in [0.5, 0.6) is 0 Å². The van der Waals surface area contributed by atoms with Crippen LogP contribution in [-0.2, 0) is 13.1 Å². The Kier molecular flexibility index (Phi) is 3.13. The van der Waals surface area contributed by atoms with E-state index in [0.717, 1.165) is 5.69 Å². The average Bonchev–Trinajstić information content (AvgIpc) is 2.85. The van der Waals surface area contributed by atoms with Crippen LogP contribution in [0.3, 0.4) is 0 Å². The summed E-state index contributed by atoms with van der Waals surface area (Å²) >= 11 is 5.81. The molecule has 0 aromatic heterocycles. The second kappa shape index (κ2) is 4.94. The van der Waals surface area contributed by atoms with Gasteiger partial charge in [0, 0.05) is 23.8 Å². The third-order valence-corrected chi connectivity index (χ3v) is 3.48. The number of rotatable bonds is 1. The number of carbonyl (C=O) groups excluding carboxylic acids is 1. The summed E-state index contributed by atoms with van der Waals surface area (Å²) in [6.45, 7) is 1.32. The van der Waals surface area contributed by atoms with Crippen molar-refractivity contribution in [2.45, 2.75) is 13.1 Å². The molecule has 3 rings (SSSR count). The monoisotopic (exact) mass is 272 g/mol. The zero-order chi connectivity index (χ0) is 13.2. The molecule has 2 aromatic rings. The lowest BCUT2D eigenvalue weighted by Gasteiger charge is -2.16. The summed E-state index contributed by atoms with van der Waals surface area (Å²) in [6, 6.07) is 15.1. The number of amides is 2. The van der Waals surface area contributed by atoms with E-state index in [1.807, 2.05) is 12.1 Å². The van der Waals surface area contributed by atoms with Crippen molar-refractivity contribution in [3.8, 4) is 0 Å². The lowest BCUT2D eigenvalue weighted by Crippen LogP contribution is -2.30. The van der Waals surface area contributed by atoms with Crippen LogP contribution in [0.4, 0.5) is 10.5 Å². The van der Waals surface area contributed by atoms with E-state index in [4.69, 9.17) is 11.6 Å². The summed E-state index contributed by atoms with van der Waals surface area (Å²) in [7, 11) is 0. The lowest BCUT2D eigenvalue weighted by atomic mass is 10.1. The average molecular weight is 273 g/mol. The number of hydrogen-bond donors (Lipinski definition) is 1. The van der Waals surface area contributed by atoms with Gasteiger partial charge in [-0.05, 0) is 35.4 Å². The summed E-state index contributed by atoms with van der Waals surface area (Å²) in [4.78, 5) is 13.9. The molecule has 3 nitrogen and oxygen atoms in total. The number of fused-ring (bicyclic) bond motifs is 1. The van der Waals surface area contributed by atoms with Gasteiger partial charge >= 0.3 is 6.03 Å². The van der Waals surface area contributed by atoms with Crippen molar-refractivity contribution in [2.75, 3.05) is 5.32 Å². The second-order valence-corrected chi connectivity index (χ2v) is 5.00. The van der Waals surface area contributed by atoms with Crippen molar-refractivity contribution in [3.05, 3.63) is 64.7 Å². The van der Waals surface area contributed by atoms with E-state index in [-0.39, 0.29) is 6.03 Å². The normalized spacial score (nSPS) is 13.2. The fourth-order valence-electron chi connectivity index (χ4n) is 2.21. The molecule has 1 aliphatic rings. The first-order valence-corrected chi connectivity index (χ1v) is 6.48. The van der Waals surface area contributed by atoms with Crippen LogP contribution in [0.1, 0.15) is 11.1 Å². The van der Waals surface area contributed by atoms with Gasteiger partial charge < -0.3 is 10.2 Å². The highest BCUT2D eigenvalue weighted by atomic mass is 35.5. The summed E-state index contributed by atoms with van der Waals surface area (Å²) in [5.41, 5.74) is 3.19. The molecule has 19 heavy (non-hydrogen) atoms. The third kappa shape index (κ3) is 2.56. The van der Waals surface area contributed by atoms with Gasteiger partial charge in [-0.15, -0.1) is 0 Å². The first-order chi connectivity index (χ1) is 9.22. The molecule has 2 amide bonds. The second-order valence-electron chi connectivity index (χ2n) is 4.56. The molecule has 0 radical (unpaired) electrons. The predicted molar refractivity (Wildman–Crippen MR) is 76.2 cm³/mol. The van der Waals surface area contributed by atoms with Gasteiger partial charge in [0.2, 0.25) is 0 Å². The number of carbonyl (C=O) groups is 1. The van der Waals surface area contributed by atoms with Crippen molar-refractivity contribution in [3.63, 3.8) is 0 Å². The maximum atomic E-state index is 12.2. The molecule has 0 atom stereocenters. The first kappa shape index (κ1) is 12.1. The molecule has 1 aliphatic heterocycles. The molecular formula is C15H13ClN2O. The third-order valence-electron chi connectivity index (χ3n) is 3.22. The molecule has 0 aliphatic carbocycles. The Morgan fingerprint density at radius 1 is 1.00 bits per heavy atom. The Morgan fingerprint density at radius 3 is 2.16 bits per heavy atom. The predicted octanol–water partition coefficient (Wildman–Crippen LogP) is 3.89. The standard InChI is InChI=1S/C15H13ClN2O/c16-13-5-7-14(8-6-13)17-15(19)18-9-11-3-1-2-4-12(11)10-18/h1-8H,9-10H2,(H,17,19). The molecular weight excluding hydrogens is 260 g/mol. The van der Waals surface area contributed by atoms with Gasteiger partial charge in [-0.3, -0.25) is 0 Å². The fraction of sp³-hybridized carbons (Fsp3) is 0.133. The molecule has 0 spiro atoms. The van der Waals surface area contributed by atoms with E-state index >= 15 is 0 Å². The molecule has 4 heteroatoms. The fourth-order valence-corrected chi connectivity index (χ4v) is 2.34. The van der Waals surface area contributed by atoms with Crippen LogP contribution >= 0.6 is 11.6 Å². The highest BCUT2D eigenvalue weighted by Crippen LogP contribution is 2.23. The van der Waals surface area contributed by atoms with Crippen LogP contribution < -0.4 is 5.32 Å². The number of nitrogens with one attached hydrogen (secondary N) is 1. The summed E-state index contributed by atoms with van der Waals surface area (Å²) in [5.74, 6) is 0. The summed E-state index contributed by atoms with van der Waals surface area (Å²) in [6.07, 6.45) is 0. The van der Waals surface area contributed by atoms with E-state index in [2.05, 4.69) is 17.4 Å². The zero-order valence-corrected chi connectivity index (χ0v) is 11.0. The molecule has 96 valence electrons. The minimum atomic E-state index is -0.0847. The van der Waals surface area contributed by atoms with Crippen molar-refractivity contribution >= 4 is 23.3 Å². The Bertz CT molecular complexity index is 585. The zero-order valence-electron chi connectivity index (χ0n) is 10.3. The number of urea groups is 1. The first-order valence-electron chi connectivity index (χ1n) is 6.10. The van der Waals surface area contributed by atoms with Crippen LogP contribution in [0.15, 0.2) is 48.5 Å². The van der Waals surface area contributed by atoms with Gasteiger partial charge in [-0.1, -0.05) is 35.9 Å². The Labute approximate surface area is 116 Å². The van der Waals surface area contributed by atoms with Crippen molar-refractivity contribution in [1.82, 2.24) is 4.90 Å². The van der Waals surface area contributed by atoms with Crippen LogP contribution in [0.2, 0.25) is 5.02 Å². The smallest absolute Gasteiger partial charge is 0.316 e. The minimum absolute atomic E-state index is 0.0847. The molecule has 0 fully saturated rings. The molecule has 0 saturated heterocycles. The Hall–Kier alpha value is -2.00. The molecule has 2 aromatic carbocycles. The molecule has 0 saturated carbocycles. The SMILES string of the molecule is O=C(Nc1ccc(Cl)cc1)N1Cc2ccccc2C1. The molecule has 1 heterocycles. The number of benzene rings is 2.